The van der Waals surface area contributed by atoms with E-state index in [1.807, 2.05) is 36.4 Å². The third-order valence-corrected chi connectivity index (χ3v) is 8.47. The summed E-state index contributed by atoms with van der Waals surface area (Å²) in [5.41, 5.74) is 3.08. The van der Waals surface area contributed by atoms with Gasteiger partial charge in [-0.2, -0.15) is 18.3 Å². The van der Waals surface area contributed by atoms with Crippen LogP contribution in [0, 0.1) is 0 Å². The summed E-state index contributed by atoms with van der Waals surface area (Å²) in [6.07, 6.45) is -3.56. The van der Waals surface area contributed by atoms with Gasteiger partial charge in [-0.25, -0.2) is 4.68 Å². The molecular weight excluding hydrogens is 559 g/mol. The summed E-state index contributed by atoms with van der Waals surface area (Å²) >= 11 is 0. The molecule has 3 aliphatic heterocycles. The number of fused-ring (bicyclic) bond motifs is 2. The molecule has 1 saturated heterocycles. The fourth-order valence-electron chi connectivity index (χ4n) is 6.31. The first-order chi connectivity index (χ1) is 20.9. The van der Waals surface area contributed by atoms with Crippen molar-refractivity contribution in [3.05, 3.63) is 107 Å². The van der Waals surface area contributed by atoms with Gasteiger partial charge >= 0.3 is 6.18 Å². The Hall–Kier alpha value is -4.51. The van der Waals surface area contributed by atoms with Gasteiger partial charge in [-0.1, -0.05) is 66.7 Å². The van der Waals surface area contributed by atoms with Crippen LogP contribution in [0.1, 0.15) is 51.6 Å². The van der Waals surface area contributed by atoms with Crippen molar-refractivity contribution >= 4 is 11.7 Å². The quantitative estimate of drug-likeness (QED) is 0.317. The summed E-state index contributed by atoms with van der Waals surface area (Å²) < 4.78 is 54.5. The molecule has 1 fully saturated rings. The molecule has 43 heavy (non-hydrogen) atoms. The number of carbonyl (C=O) groups excluding carboxylic acids is 1. The van der Waals surface area contributed by atoms with Gasteiger partial charge in [0.2, 0.25) is 6.79 Å². The van der Waals surface area contributed by atoms with Crippen LogP contribution in [0.25, 0.3) is 0 Å². The molecule has 4 heterocycles. The second kappa shape index (κ2) is 11.0. The van der Waals surface area contributed by atoms with Crippen LogP contribution in [-0.2, 0) is 0 Å². The van der Waals surface area contributed by atoms with Crippen LogP contribution in [0.5, 0.6) is 11.5 Å². The molecule has 1 amide bonds. The predicted molar refractivity (Wildman–Crippen MR) is 153 cm³/mol. The topological polar surface area (TPSA) is 71.9 Å². The summed E-state index contributed by atoms with van der Waals surface area (Å²) in [5, 5.41) is 7.25. The molecule has 0 aliphatic carbocycles. The molecular formula is C32H30F3N5O3. The summed E-state index contributed by atoms with van der Waals surface area (Å²) in [4.78, 5) is 17.8. The van der Waals surface area contributed by atoms with Gasteiger partial charge in [0.15, 0.2) is 17.5 Å². The van der Waals surface area contributed by atoms with Crippen molar-refractivity contribution in [3.8, 4) is 11.5 Å². The van der Waals surface area contributed by atoms with E-state index in [1.165, 1.54) is 6.20 Å². The second-order valence-electron chi connectivity index (χ2n) is 11.0. The second-order valence-corrected chi connectivity index (χ2v) is 11.0. The lowest BCUT2D eigenvalue weighted by Crippen LogP contribution is -2.50. The number of piperazine rings is 1. The van der Waals surface area contributed by atoms with E-state index >= 15 is 0 Å². The molecule has 3 aliphatic rings. The Morgan fingerprint density at radius 3 is 2.19 bits per heavy atom. The van der Waals surface area contributed by atoms with Crippen molar-refractivity contribution in [2.75, 3.05) is 38.3 Å². The zero-order valence-electron chi connectivity index (χ0n) is 23.2. The van der Waals surface area contributed by atoms with Gasteiger partial charge in [-0.15, -0.1) is 0 Å². The molecule has 0 spiro atoms. The number of halogens is 3. The minimum absolute atomic E-state index is 0.0280. The van der Waals surface area contributed by atoms with Gasteiger partial charge < -0.3 is 19.7 Å². The number of ether oxygens (including phenoxy) is 2. The number of carbonyl (C=O) groups is 1. The van der Waals surface area contributed by atoms with Gasteiger partial charge in [0.05, 0.1) is 18.3 Å². The smallest absolute Gasteiger partial charge is 0.410 e. The van der Waals surface area contributed by atoms with E-state index in [-0.39, 0.29) is 36.5 Å². The van der Waals surface area contributed by atoms with E-state index in [0.717, 1.165) is 15.8 Å². The molecule has 7 rings (SSSR count). The normalized spacial score (nSPS) is 20.1. The number of amides is 1. The lowest BCUT2D eigenvalue weighted by molar-refractivity contribution is -0.173. The Bertz CT molecular complexity index is 1560. The number of rotatable bonds is 5. The van der Waals surface area contributed by atoms with Gasteiger partial charge in [0, 0.05) is 32.6 Å². The van der Waals surface area contributed by atoms with Crippen LogP contribution >= 0.6 is 0 Å². The average Bonchev–Trinajstić information content (AvgIpc) is 3.68. The fourth-order valence-corrected chi connectivity index (χ4v) is 6.31. The number of benzene rings is 3. The van der Waals surface area contributed by atoms with Gasteiger partial charge in [0.1, 0.15) is 11.4 Å². The third-order valence-electron chi connectivity index (χ3n) is 8.47. The molecule has 0 saturated carbocycles. The minimum atomic E-state index is -4.55. The summed E-state index contributed by atoms with van der Waals surface area (Å²) in [7, 11) is 0. The number of anilines is 1. The van der Waals surface area contributed by atoms with Crippen molar-refractivity contribution in [3.63, 3.8) is 0 Å². The molecule has 0 bridgehead atoms. The van der Waals surface area contributed by atoms with Crippen LogP contribution in [0.4, 0.5) is 19.0 Å². The van der Waals surface area contributed by atoms with Gasteiger partial charge in [-0.05, 0) is 28.8 Å². The van der Waals surface area contributed by atoms with Crippen molar-refractivity contribution in [1.29, 1.82) is 0 Å². The molecule has 222 valence electrons. The van der Waals surface area contributed by atoms with E-state index in [9.17, 15) is 18.0 Å². The largest absolute Gasteiger partial charge is 0.454 e. The molecule has 11 heteroatoms. The summed E-state index contributed by atoms with van der Waals surface area (Å²) in [6.45, 7) is 2.17. The average molecular weight is 590 g/mol. The number of nitrogens with one attached hydrogen (secondary N) is 1. The molecule has 8 nitrogen and oxygen atoms in total. The molecule has 4 aromatic rings. The maximum absolute atomic E-state index is 14.3. The number of hydrogen-bond acceptors (Lipinski definition) is 6. The maximum atomic E-state index is 14.3. The van der Waals surface area contributed by atoms with E-state index in [0.29, 0.717) is 43.2 Å². The minimum Gasteiger partial charge on any atom is -0.454 e. The Kier molecular flexibility index (Phi) is 6.97. The van der Waals surface area contributed by atoms with E-state index < -0.39 is 18.3 Å². The maximum Gasteiger partial charge on any atom is 0.410 e. The highest BCUT2D eigenvalue weighted by Gasteiger charge is 2.47. The zero-order chi connectivity index (χ0) is 29.6. The lowest BCUT2D eigenvalue weighted by Gasteiger charge is -2.40. The first kappa shape index (κ1) is 27.3. The molecule has 1 N–H and O–H groups in total. The Morgan fingerprint density at radius 1 is 0.884 bits per heavy atom. The highest BCUT2D eigenvalue weighted by atomic mass is 19.4. The number of alkyl halides is 3. The van der Waals surface area contributed by atoms with Crippen molar-refractivity contribution in [1.82, 2.24) is 19.6 Å². The first-order valence-electron chi connectivity index (χ1n) is 14.3. The number of hydrogen-bond donors (Lipinski definition) is 1. The molecule has 1 aromatic heterocycles. The van der Waals surface area contributed by atoms with Gasteiger partial charge in [-0.3, -0.25) is 9.69 Å². The van der Waals surface area contributed by atoms with Crippen molar-refractivity contribution in [2.24, 2.45) is 0 Å². The fraction of sp³-hybridized carbons (Fsp3) is 0.312. The summed E-state index contributed by atoms with van der Waals surface area (Å²) in [6, 6.07) is 23.0. The Morgan fingerprint density at radius 2 is 1.53 bits per heavy atom. The Labute approximate surface area is 246 Å². The van der Waals surface area contributed by atoms with E-state index in [2.05, 4.69) is 39.6 Å². The van der Waals surface area contributed by atoms with Crippen LogP contribution in [0.15, 0.2) is 85.1 Å². The summed E-state index contributed by atoms with van der Waals surface area (Å²) in [5.74, 6) is 0.779. The van der Waals surface area contributed by atoms with Crippen molar-refractivity contribution in [2.45, 2.75) is 30.7 Å². The predicted octanol–water partition coefficient (Wildman–Crippen LogP) is 5.82. The third kappa shape index (κ3) is 5.18. The van der Waals surface area contributed by atoms with Crippen molar-refractivity contribution < 1.29 is 27.4 Å². The molecule has 0 unspecified atom stereocenters. The van der Waals surface area contributed by atoms with Crippen LogP contribution in [-0.4, -0.2) is 64.6 Å². The van der Waals surface area contributed by atoms with Crippen LogP contribution in [0.3, 0.4) is 0 Å². The highest BCUT2D eigenvalue weighted by molar-refractivity contribution is 5.99. The highest BCUT2D eigenvalue weighted by Crippen LogP contribution is 2.46. The van der Waals surface area contributed by atoms with Gasteiger partial charge in [0.25, 0.3) is 5.91 Å². The monoisotopic (exact) mass is 589 g/mol. The number of aromatic nitrogens is 2. The zero-order valence-corrected chi connectivity index (χ0v) is 23.2. The lowest BCUT2D eigenvalue weighted by atomic mass is 9.96. The SMILES string of the molecule is O=C(c1cnn2c1N[C@H](c1ccc3c(c1)OCO3)C[C@@H]2C(F)(F)F)N1CCN(C(c2ccccc2)c2ccccc2)CC1. The van der Waals surface area contributed by atoms with E-state index in [4.69, 9.17) is 9.47 Å². The number of nitrogens with zero attached hydrogens (tertiary/aromatic N) is 4. The Balaban J connectivity index is 1.12. The standard InChI is InChI=1S/C32H30F3N5O3/c33-32(34,35)28-18-25(23-11-12-26-27(17-23)43-20-42-26)37-30-24(19-36-40(28)30)31(41)39-15-13-38(14-16-39)29(21-7-3-1-4-8-21)22-9-5-2-6-10-22/h1-12,17,19,25,28-29,37H,13-16,18,20H2/t25-,28+/m0/s1. The molecule has 3 aromatic carbocycles. The molecule has 2 atom stereocenters. The first-order valence-corrected chi connectivity index (χ1v) is 14.3. The van der Waals surface area contributed by atoms with Crippen LogP contribution < -0.4 is 14.8 Å². The molecule has 0 radical (unpaired) electrons. The van der Waals surface area contributed by atoms with E-state index in [1.54, 1.807) is 23.1 Å². The van der Waals surface area contributed by atoms with Crippen LogP contribution in [0.2, 0.25) is 0 Å².